The Kier molecular flexibility index (Phi) is 10.5. The molecule has 212 valence electrons. The number of carbonyl (C=O) groups is 3. The lowest BCUT2D eigenvalue weighted by Gasteiger charge is -2.22. The van der Waals surface area contributed by atoms with Gasteiger partial charge in [0.1, 0.15) is 11.5 Å². The van der Waals surface area contributed by atoms with Crippen LogP contribution in [0.2, 0.25) is 0 Å². The highest BCUT2D eigenvalue weighted by Crippen LogP contribution is 2.20. The van der Waals surface area contributed by atoms with Crippen molar-refractivity contribution in [2.24, 2.45) is 0 Å². The van der Waals surface area contributed by atoms with Crippen LogP contribution in [0.5, 0.6) is 0 Å². The number of imidazole rings is 1. The minimum Gasteiger partial charge on any atom is -0.481 e. The number of fused-ring (bicyclic) bond motifs is 1. The van der Waals surface area contributed by atoms with E-state index < -0.39 is 36.4 Å². The van der Waals surface area contributed by atoms with Crippen LogP contribution in [0.1, 0.15) is 36.3 Å². The number of rotatable bonds is 13. The van der Waals surface area contributed by atoms with Crippen LogP contribution in [0.15, 0.2) is 71.8 Å². The molecule has 1 aromatic carbocycles. The van der Waals surface area contributed by atoms with Crippen LogP contribution in [0.3, 0.4) is 0 Å². The van der Waals surface area contributed by atoms with Crippen molar-refractivity contribution in [3.05, 3.63) is 84.5 Å². The normalized spacial score (nSPS) is 11.3. The fourth-order valence-corrected chi connectivity index (χ4v) is 4.15. The average molecular weight is 553 g/mol. The molecule has 0 unspecified atom stereocenters. The number of para-hydroxylation sites is 1. The predicted octanol–water partition coefficient (Wildman–Crippen LogP) is 3.18. The number of carboxylic acid groups (broad SMARTS) is 3. The fraction of sp³-hybridized carbons (Fsp3) is 0.321. The van der Waals surface area contributed by atoms with Crippen LogP contribution in [0, 0.1) is 6.92 Å². The zero-order valence-corrected chi connectivity index (χ0v) is 22.0. The van der Waals surface area contributed by atoms with E-state index in [0.29, 0.717) is 0 Å². The molecule has 0 spiro atoms. The number of aliphatic hydroxyl groups is 1. The van der Waals surface area contributed by atoms with Gasteiger partial charge in [-0.25, -0.2) is 9.78 Å². The molecule has 0 fully saturated rings. The zero-order valence-electron chi connectivity index (χ0n) is 22.0. The number of furan rings is 1. The molecule has 0 aliphatic heterocycles. The maximum atomic E-state index is 10.3. The van der Waals surface area contributed by atoms with E-state index in [4.69, 9.17) is 24.8 Å². The van der Waals surface area contributed by atoms with E-state index in [1.165, 1.54) is 10.9 Å². The second-order valence-corrected chi connectivity index (χ2v) is 9.34. The van der Waals surface area contributed by atoms with Crippen molar-refractivity contribution in [2.45, 2.75) is 51.4 Å². The lowest BCUT2D eigenvalue weighted by atomic mass is 9.96. The summed E-state index contributed by atoms with van der Waals surface area (Å²) in [7, 11) is 0. The fourth-order valence-electron chi connectivity index (χ4n) is 4.15. The third-order valence-corrected chi connectivity index (χ3v) is 6.04. The molecule has 0 radical (unpaired) electrons. The van der Waals surface area contributed by atoms with E-state index in [1.807, 2.05) is 44.0 Å². The molecular weight excluding hydrogens is 520 g/mol. The van der Waals surface area contributed by atoms with Gasteiger partial charge in [0.25, 0.3) is 0 Å². The molecule has 0 bridgehead atoms. The first-order valence-corrected chi connectivity index (χ1v) is 12.5. The molecule has 0 saturated heterocycles. The summed E-state index contributed by atoms with van der Waals surface area (Å²) < 4.78 is 7.94. The smallest absolute Gasteiger partial charge is 0.336 e. The Bertz CT molecular complexity index is 1400. The highest BCUT2D eigenvalue weighted by atomic mass is 16.4. The lowest BCUT2D eigenvalue weighted by molar-refractivity contribution is -0.170. The third-order valence-electron chi connectivity index (χ3n) is 6.04. The number of pyridine rings is 1. The summed E-state index contributed by atoms with van der Waals surface area (Å²) in [5, 5.41) is 35.0. The minimum atomic E-state index is -2.74. The Hall–Kier alpha value is -4.55. The summed E-state index contributed by atoms with van der Waals surface area (Å²) in [5.74, 6) is -3.05. The SMILES string of the molecule is Cc1ccc(CN(CCCn2ccnc2)Cc2ccnc3ccccc23)o1.O=C(O)CC(O)(CC(=O)O)C(=O)O. The first kappa shape index (κ1) is 30.0. The highest BCUT2D eigenvalue weighted by Gasteiger charge is 2.40. The van der Waals surface area contributed by atoms with E-state index in [0.717, 1.165) is 49.6 Å². The molecule has 0 atom stereocenters. The van der Waals surface area contributed by atoms with E-state index >= 15 is 0 Å². The third kappa shape index (κ3) is 9.03. The summed E-state index contributed by atoms with van der Waals surface area (Å²) in [6.07, 6.45) is 6.38. The van der Waals surface area contributed by atoms with Crippen LogP contribution in [-0.4, -0.2) is 69.9 Å². The van der Waals surface area contributed by atoms with Gasteiger partial charge in [-0.3, -0.25) is 19.5 Å². The largest absolute Gasteiger partial charge is 0.481 e. The summed E-state index contributed by atoms with van der Waals surface area (Å²) in [6, 6.07) is 14.6. The Labute approximate surface area is 230 Å². The van der Waals surface area contributed by atoms with E-state index in [-0.39, 0.29) is 0 Å². The van der Waals surface area contributed by atoms with Gasteiger partial charge in [0.2, 0.25) is 0 Å². The molecule has 3 heterocycles. The van der Waals surface area contributed by atoms with Gasteiger partial charge in [0, 0.05) is 43.6 Å². The maximum Gasteiger partial charge on any atom is 0.336 e. The number of aryl methyl sites for hydroxylation is 2. The first-order chi connectivity index (χ1) is 19.1. The second kappa shape index (κ2) is 14.0. The Balaban J connectivity index is 0.000000289. The second-order valence-electron chi connectivity index (χ2n) is 9.34. The van der Waals surface area contributed by atoms with Crippen molar-refractivity contribution in [1.29, 1.82) is 0 Å². The van der Waals surface area contributed by atoms with Gasteiger partial charge >= 0.3 is 17.9 Å². The standard InChI is InChI=1S/C22H24N4O.C6H8O7/c1-18-7-8-20(27-18)16-26(13-4-12-25-14-11-23-17-25)15-19-9-10-24-22-6-3-2-5-21(19)22;7-3(8)1-6(13,5(11)12)2-4(9)10/h2-3,5-11,14,17H,4,12-13,15-16H2,1H3;13H,1-2H2,(H,7,8)(H,9,10)(H,11,12). The summed E-state index contributed by atoms with van der Waals surface area (Å²) in [5.41, 5.74) is -0.397. The molecule has 0 aliphatic carbocycles. The zero-order chi connectivity index (χ0) is 29.1. The number of aromatic nitrogens is 3. The molecule has 4 N–H and O–H groups in total. The van der Waals surface area contributed by atoms with Crippen LogP contribution < -0.4 is 0 Å². The maximum absolute atomic E-state index is 10.3. The number of benzene rings is 1. The summed E-state index contributed by atoms with van der Waals surface area (Å²) in [6.45, 7) is 5.60. The molecule has 12 heteroatoms. The van der Waals surface area contributed by atoms with Gasteiger partial charge < -0.3 is 29.4 Å². The minimum absolute atomic E-state index is 0.800. The molecule has 12 nitrogen and oxygen atoms in total. The quantitative estimate of drug-likeness (QED) is 0.191. The molecular formula is C28H32N4O8. The van der Waals surface area contributed by atoms with Crippen molar-refractivity contribution >= 4 is 28.8 Å². The van der Waals surface area contributed by atoms with E-state index in [2.05, 4.69) is 49.8 Å². The number of carboxylic acids is 3. The Morgan fingerprint density at radius 3 is 2.30 bits per heavy atom. The molecule has 3 aromatic heterocycles. The van der Waals surface area contributed by atoms with Gasteiger partial charge in [-0.05, 0) is 43.2 Å². The van der Waals surface area contributed by atoms with Gasteiger partial charge in [0.05, 0.1) is 31.2 Å². The lowest BCUT2D eigenvalue weighted by Crippen LogP contribution is -2.42. The van der Waals surface area contributed by atoms with Gasteiger partial charge in [-0.15, -0.1) is 0 Å². The van der Waals surface area contributed by atoms with Crippen molar-refractivity contribution in [2.75, 3.05) is 6.54 Å². The van der Waals surface area contributed by atoms with Crippen molar-refractivity contribution in [3.63, 3.8) is 0 Å². The Morgan fingerprint density at radius 1 is 0.975 bits per heavy atom. The van der Waals surface area contributed by atoms with Crippen molar-refractivity contribution in [1.82, 2.24) is 19.4 Å². The van der Waals surface area contributed by atoms with Crippen LogP contribution >= 0.6 is 0 Å². The van der Waals surface area contributed by atoms with Gasteiger partial charge in [-0.1, -0.05) is 18.2 Å². The van der Waals surface area contributed by atoms with Crippen LogP contribution in [-0.2, 0) is 34.0 Å². The molecule has 4 aromatic rings. The number of nitrogens with zero attached hydrogens (tertiary/aromatic N) is 4. The molecule has 0 amide bonds. The van der Waals surface area contributed by atoms with E-state index in [1.54, 1.807) is 0 Å². The topological polar surface area (TPSA) is 179 Å². The summed E-state index contributed by atoms with van der Waals surface area (Å²) in [4.78, 5) is 41.5. The van der Waals surface area contributed by atoms with Crippen LogP contribution in [0.25, 0.3) is 10.9 Å². The molecule has 0 aliphatic rings. The number of hydrogen-bond donors (Lipinski definition) is 4. The summed E-state index contributed by atoms with van der Waals surface area (Å²) >= 11 is 0. The van der Waals surface area contributed by atoms with Crippen molar-refractivity contribution < 1.29 is 39.2 Å². The first-order valence-electron chi connectivity index (χ1n) is 12.5. The van der Waals surface area contributed by atoms with E-state index in [9.17, 15) is 14.4 Å². The van der Waals surface area contributed by atoms with Crippen molar-refractivity contribution in [3.8, 4) is 0 Å². The molecule has 40 heavy (non-hydrogen) atoms. The predicted molar refractivity (Wildman–Crippen MR) is 143 cm³/mol. The Morgan fingerprint density at radius 2 is 1.70 bits per heavy atom. The van der Waals surface area contributed by atoms with Gasteiger partial charge in [-0.2, -0.15) is 0 Å². The monoisotopic (exact) mass is 552 g/mol. The molecule has 4 rings (SSSR count). The van der Waals surface area contributed by atoms with Gasteiger partial charge in [0.15, 0.2) is 5.60 Å². The number of aliphatic carboxylic acids is 3. The highest BCUT2D eigenvalue weighted by molar-refractivity contribution is 5.88. The molecule has 0 saturated carbocycles. The average Bonchev–Trinajstić information content (AvgIpc) is 3.55. The number of hydrogen-bond acceptors (Lipinski definition) is 8. The van der Waals surface area contributed by atoms with Crippen LogP contribution in [0.4, 0.5) is 0 Å².